The maximum Gasteiger partial charge on any atom is 0.416 e. The number of halogens is 3. The van der Waals surface area contributed by atoms with Gasteiger partial charge in [0, 0.05) is 32.1 Å². The highest BCUT2D eigenvalue weighted by Gasteiger charge is 2.33. The fourth-order valence-electron chi connectivity index (χ4n) is 5.01. The molecule has 1 unspecified atom stereocenters. The van der Waals surface area contributed by atoms with Crippen molar-refractivity contribution in [2.24, 2.45) is 5.92 Å². The molecule has 0 bridgehead atoms. The molecule has 1 aromatic carbocycles. The molecule has 9 nitrogen and oxygen atoms in total. The Kier molecular flexibility index (Phi) is 6.29. The summed E-state index contributed by atoms with van der Waals surface area (Å²) in [6.07, 6.45) is -1.50. The lowest BCUT2D eigenvalue weighted by Crippen LogP contribution is -2.42. The lowest BCUT2D eigenvalue weighted by molar-refractivity contribution is -0.137. The molecule has 36 heavy (non-hydrogen) atoms. The van der Waals surface area contributed by atoms with Gasteiger partial charge in [0.25, 0.3) is 0 Å². The van der Waals surface area contributed by atoms with Crippen molar-refractivity contribution < 1.29 is 23.4 Å². The Hall–Kier alpha value is -2.96. The lowest BCUT2D eigenvalue weighted by atomic mass is 9.83. The van der Waals surface area contributed by atoms with E-state index >= 15 is 0 Å². The number of nitrogens with zero attached hydrogens (tertiary/aromatic N) is 5. The van der Waals surface area contributed by atoms with E-state index in [1.165, 1.54) is 10.7 Å². The molecule has 2 aliphatic rings. The minimum absolute atomic E-state index is 0.101. The number of hydrogen-bond donors (Lipinski definition) is 4. The van der Waals surface area contributed by atoms with Crippen LogP contribution in [0.25, 0.3) is 16.7 Å². The largest absolute Gasteiger partial charge is 0.416 e. The number of nitrogens with one attached hydrogen (secondary N) is 2. The summed E-state index contributed by atoms with van der Waals surface area (Å²) in [5, 5.41) is 31.5. The summed E-state index contributed by atoms with van der Waals surface area (Å²) in [5.41, 5.74) is -0.909. The highest BCUT2D eigenvalue weighted by Crippen LogP contribution is 2.35. The smallest absolute Gasteiger partial charge is 0.390 e. The van der Waals surface area contributed by atoms with Crippen molar-refractivity contribution in [1.29, 1.82) is 0 Å². The molecule has 2 aromatic heterocycles. The van der Waals surface area contributed by atoms with Gasteiger partial charge < -0.3 is 20.4 Å². The molecule has 2 fully saturated rings. The lowest BCUT2D eigenvalue weighted by Gasteiger charge is -2.38. The first kappa shape index (κ1) is 24.7. The molecule has 5 rings (SSSR count). The number of benzene rings is 1. The van der Waals surface area contributed by atoms with Crippen LogP contribution in [0, 0.1) is 5.92 Å². The number of alkyl halides is 3. The van der Waals surface area contributed by atoms with E-state index < -0.39 is 23.6 Å². The van der Waals surface area contributed by atoms with Gasteiger partial charge in [-0.05, 0) is 50.8 Å². The monoisotopic (exact) mass is 505 g/mol. The molecule has 0 amide bonds. The standard InChI is InChI=1S/C24H30F3N7O2/c1-23(2,36)14-6-8-33(9-7-14)20-18-13-29-34(17-5-3-4-15(10-17)24(25,26)27)21(18)32-22(31-20)30-16-11-19(35)28-12-16/h3-5,10,13-14,16,19,28,35-36H,6-9,11-12H2,1-2H3,(H,30,31,32)/t16-,19?/m1/s1. The van der Waals surface area contributed by atoms with Crippen molar-refractivity contribution in [3.8, 4) is 5.69 Å². The van der Waals surface area contributed by atoms with E-state index in [0.717, 1.165) is 25.0 Å². The van der Waals surface area contributed by atoms with E-state index in [4.69, 9.17) is 4.98 Å². The van der Waals surface area contributed by atoms with E-state index in [1.54, 1.807) is 12.3 Å². The zero-order chi connectivity index (χ0) is 25.7. The number of hydrogen-bond acceptors (Lipinski definition) is 8. The van der Waals surface area contributed by atoms with Crippen molar-refractivity contribution in [2.75, 3.05) is 29.9 Å². The second-order valence-corrected chi connectivity index (χ2v) is 10.1. The van der Waals surface area contributed by atoms with Gasteiger partial charge in [-0.25, -0.2) is 4.68 Å². The van der Waals surface area contributed by atoms with Crippen molar-refractivity contribution in [3.05, 3.63) is 36.0 Å². The Morgan fingerprint density at radius 3 is 2.53 bits per heavy atom. The number of anilines is 2. The number of fused-ring (bicyclic) bond motifs is 1. The van der Waals surface area contributed by atoms with Gasteiger partial charge in [0.1, 0.15) is 12.0 Å². The van der Waals surface area contributed by atoms with Crippen molar-refractivity contribution in [2.45, 2.75) is 57.2 Å². The van der Waals surface area contributed by atoms with Crippen LogP contribution in [0.5, 0.6) is 0 Å². The molecule has 2 saturated heterocycles. The highest BCUT2D eigenvalue weighted by molar-refractivity contribution is 5.89. The average Bonchev–Trinajstić information content (AvgIpc) is 3.43. The molecule has 0 radical (unpaired) electrons. The number of aliphatic hydroxyl groups excluding tert-OH is 1. The summed E-state index contributed by atoms with van der Waals surface area (Å²) in [4.78, 5) is 11.5. The van der Waals surface area contributed by atoms with E-state index in [-0.39, 0.29) is 17.6 Å². The first-order valence-corrected chi connectivity index (χ1v) is 12.1. The van der Waals surface area contributed by atoms with Crippen molar-refractivity contribution >= 4 is 22.8 Å². The Morgan fingerprint density at radius 1 is 1.14 bits per heavy atom. The topological polar surface area (TPSA) is 111 Å². The van der Waals surface area contributed by atoms with Crippen LogP contribution in [-0.4, -0.2) is 67.5 Å². The van der Waals surface area contributed by atoms with Gasteiger partial charge in [0.15, 0.2) is 5.65 Å². The quantitative estimate of drug-likeness (QED) is 0.419. The minimum Gasteiger partial charge on any atom is -0.390 e. The minimum atomic E-state index is -4.48. The normalized spacial score (nSPS) is 21.9. The van der Waals surface area contributed by atoms with Gasteiger partial charge in [-0.2, -0.15) is 28.2 Å². The Bertz CT molecular complexity index is 1230. The molecule has 194 valence electrons. The van der Waals surface area contributed by atoms with E-state index in [9.17, 15) is 23.4 Å². The van der Waals surface area contributed by atoms with Crippen LogP contribution < -0.4 is 15.5 Å². The third kappa shape index (κ3) is 4.97. The van der Waals surface area contributed by atoms with Gasteiger partial charge in [0.2, 0.25) is 5.95 Å². The molecule has 3 aromatic rings. The predicted molar refractivity (Wildman–Crippen MR) is 129 cm³/mol. The van der Waals surface area contributed by atoms with Gasteiger partial charge in [0.05, 0.1) is 28.4 Å². The molecule has 0 saturated carbocycles. The summed E-state index contributed by atoms with van der Waals surface area (Å²) in [7, 11) is 0. The zero-order valence-corrected chi connectivity index (χ0v) is 20.1. The molecule has 0 aliphatic carbocycles. The Labute approximate surface area is 206 Å². The molecule has 4 heterocycles. The van der Waals surface area contributed by atoms with Crippen LogP contribution in [0.2, 0.25) is 0 Å². The Morgan fingerprint density at radius 2 is 1.89 bits per heavy atom. The van der Waals surface area contributed by atoms with E-state index in [1.807, 2.05) is 13.8 Å². The summed E-state index contributed by atoms with van der Waals surface area (Å²) in [6, 6.07) is 4.88. The molecule has 4 N–H and O–H groups in total. The highest BCUT2D eigenvalue weighted by atomic mass is 19.4. The summed E-state index contributed by atoms with van der Waals surface area (Å²) in [5.74, 6) is 1.11. The summed E-state index contributed by atoms with van der Waals surface area (Å²) < 4.78 is 41.5. The average molecular weight is 506 g/mol. The number of piperidine rings is 1. The molecule has 2 atom stereocenters. The third-order valence-electron chi connectivity index (χ3n) is 7.06. The number of rotatable bonds is 5. The van der Waals surface area contributed by atoms with Crippen molar-refractivity contribution in [3.63, 3.8) is 0 Å². The second kappa shape index (κ2) is 9.16. The van der Waals surface area contributed by atoms with Crippen LogP contribution in [0.3, 0.4) is 0 Å². The van der Waals surface area contributed by atoms with Gasteiger partial charge >= 0.3 is 6.18 Å². The predicted octanol–water partition coefficient (Wildman–Crippen LogP) is 2.91. The molecular formula is C24H30F3N7O2. The molecule has 12 heteroatoms. The molecular weight excluding hydrogens is 475 g/mol. The van der Waals surface area contributed by atoms with Crippen LogP contribution in [0.1, 0.15) is 38.7 Å². The van der Waals surface area contributed by atoms with Crippen molar-refractivity contribution in [1.82, 2.24) is 25.1 Å². The van der Waals surface area contributed by atoms with E-state index in [0.29, 0.717) is 48.9 Å². The fourth-order valence-corrected chi connectivity index (χ4v) is 5.01. The maximum atomic E-state index is 13.4. The first-order valence-electron chi connectivity index (χ1n) is 12.1. The van der Waals surface area contributed by atoms with Crippen LogP contribution in [0.15, 0.2) is 30.5 Å². The number of aliphatic hydroxyl groups is 2. The Balaban J connectivity index is 1.54. The number of aromatic nitrogens is 4. The maximum absolute atomic E-state index is 13.4. The molecule has 0 spiro atoms. The summed E-state index contributed by atoms with van der Waals surface area (Å²) >= 11 is 0. The first-order chi connectivity index (χ1) is 17.0. The van der Waals surface area contributed by atoms with Crippen LogP contribution in [-0.2, 0) is 6.18 Å². The second-order valence-electron chi connectivity index (χ2n) is 10.1. The van der Waals surface area contributed by atoms with E-state index in [2.05, 4.69) is 25.6 Å². The van der Waals surface area contributed by atoms with Crippen LogP contribution in [0.4, 0.5) is 24.9 Å². The van der Waals surface area contributed by atoms with Gasteiger partial charge in [-0.15, -0.1) is 0 Å². The van der Waals surface area contributed by atoms with Gasteiger partial charge in [-0.3, -0.25) is 5.32 Å². The van der Waals surface area contributed by atoms with Crippen LogP contribution >= 0.6 is 0 Å². The summed E-state index contributed by atoms with van der Waals surface area (Å²) in [6.45, 7) is 5.50. The van der Waals surface area contributed by atoms with Gasteiger partial charge in [-0.1, -0.05) is 6.07 Å². The zero-order valence-electron chi connectivity index (χ0n) is 20.1. The third-order valence-corrected chi connectivity index (χ3v) is 7.06. The fraction of sp³-hybridized carbons (Fsp3) is 0.542. The molecule has 2 aliphatic heterocycles. The SMILES string of the molecule is CC(C)(O)C1CCN(c2nc(N[C@H]3CNC(O)C3)nc3c2cnn3-c2cccc(C(F)(F)F)c2)CC1.